The standard InChI is InChI=1S/C15H24N4O2.HI/c1-16-15(19(2)10-13-6-7-21-11-13)18-9-12-4-5-14(20-3)17-8-12;/h4-5,8,13H,6-7,9-11H2,1-3H3,(H,16,18);1H. The third-order valence-corrected chi connectivity index (χ3v) is 3.59. The summed E-state index contributed by atoms with van der Waals surface area (Å²) in [5.41, 5.74) is 1.09. The molecule has 2 heterocycles. The van der Waals surface area contributed by atoms with Crippen LogP contribution in [0.2, 0.25) is 0 Å². The van der Waals surface area contributed by atoms with Crippen molar-refractivity contribution in [3.63, 3.8) is 0 Å². The summed E-state index contributed by atoms with van der Waals surface area (Å²) in [5, 5.41) is 3.35. The molecule has 1 unspecified atom stereocenters. The van der Waals surface area contributed by atoms with Crippen LogP contribution in [0, 0.1) is 5.92 Å². The Morgan fingerprint density at radius 1 is 1.55 bits per heavy atom. The van der Waals surface area contributed by atoms with Crippen LogP contribution in [0.4, 0.5) is 0 Å². The number of methoxy groups -OCH3 is 1. The van der Waals surface area contributed by atoms with Gasteiger partial charge in [0.05, 0.1) is 13.7 Å². The third-order valence-electron chi connectivity index (χ3n) is 3.59. The first-order valence-electron chi connectivity index (χ1n) is 7.21. The monoisotopic (exact) mass is 420 g/mol. The normalized spacial score (nSPS) is 17.8. The van der Waals surface area contributed by atoms with Gasteiger partial charge in [-0.2, -0.15) is 0 Å². The average molecular weight is 420 g/mol. The molecule has 1 fully saturated rings. The Balaban J connectivity index is 0.00000242. The van der Waals surface area contributed by atoms with Crippen LogP contribution >= 0.6 is 24.0 Å². The molecular formula is C15H25IN4O2. The van der Waals surface area contributed by atoms with E-state index in [1.807, 2.05) is 18.3 Å². The van der Waals surface area contributed by atoms with E-state index in [9.17, 15) is 0 Å². The van der Waals surface area contributed by atoms with Gasteiger partial charge in [0, 0.05) is 52.0 Å². The van der Waals surface area contributed by atoms with Crippen LogP contribution in [-0.4, -0.2) is 56.8 Å². The molecule has 0 saturated carbocycles. The van der Waals surface area contributed by atoms with Crippen LogP contribution in [0.15, 0.2) is 23.3 Å². The molecule has 2 rings (SSSR count). The van der Waals surface area contributed by atoms with E-state index < -0.39 is 0 Å². The maximum absolute atomic E-state index is 5.42. The number of hydrogen-bond acceptors (Lipinski definition) is 4. The summed E-state index contributed by atoms with van der Waals surface area (Å²) < 4.78 is 10.5. The fraction of sp³-hybridized carbons (Fsp3) is 0.600. The van der Waals surface area contributed by atoms with E-state index in [2.05, 4.69) is 27.2 Å². The predicted octanol–water partition coefficient (Wildman–Crippen LogP) is 1.75. The largest absolute Gasteiger partial charge is 0.481 e. The van der Waals surface area contributed by atoms with Crippen molar-refractivity contribution >= 4 is 29.9 Å². The second-order valence-electron chi connectivity index (χ2n) is 5.22. The van der Waals surface area contributed by atoms with E-state index in [1.54, 1.807) is 14.2 Å². The smallest absolute Gasteiger partial charge is 0.212 e. The number of aliphatic imine (C=N–C) groups is 1. The molecule has 0 radical (unpaired) electrons. The van der Waals surface area contributed by atoms with Crippen molar-refractivity contribution < 1.29 is 9.47 Å². The molecule has 1 N–H and O–H groups in total. The number of aromatic nitrogens is 1. The van der Waals surface area contributed by atoms with Gasteiger partial charge >= 0.3 is 0 Å². The lowest BCUT2D eigenvalue weighted by molar-refractivity contribution is 0.181. The van der Waals surface area contributed by atoms with Gasteiger partial charge in [0.1, 0.15) is 0 Å². The number of pyridine rings is 1. The Hall–Kier alpha value is -1.09. The van der Waals surface area contributed by atoms with Crippen molar-refractivity contribution in [1.29, 1.82) is 0 Å². The summed E-state index contributed by atoms with van der Waals surface area (Å²) in [6.45, 7) is 3.38. The van der Waals surface area contributed by atoms with Crippen molar-refractivity contribution in [1.82, 2.24) is 15.2 Å². The van der Waals surface area contributed by atoms with Gasteiger partial charge in [-0.05, 0) is 12.0 Å². The number of nitrogens with one attached hydrogen (secondary N) is 1. The zero-order chi connectivity index (χ0) is 15.1. The Morgan fingerprint density at radius 2 is 2.36 bits per heavy atom. The maximum atomic E-state index is 5.42. The fourth-order valence-electron chi connectivity index (χ4n) is 2.40. The van der Waals surface area contributed by atoms with Crippen molar-refractivity contribution in [2.24, 2.45) is 10.9 Å². The van der Waals surface area contributed by atoms with Crippen LogP contribution < -0.4 is 10.1 Å². The molecule has 1 saturated heterocycles. The molecule has 0 spiro atoms. The number of guanidine groups is 1. The number of ether oxygens (including phenoxy) is 2. The van der Waals surface area contributed by atoms with Gasteiger partial charge in [-0.25, -0.2) is 4.98 Å². The summed E-state index contributed by atoms with van der Waals surface area (Å²) in [6, 6.07) is 3.86. The highest BCUT2D eigenvalue weighted by Gasteiger charge is 2.18. The van der Waals surface area contributed by atoms with Gasteiger partial charge in [0.2, 0.25) is 5.88 Å². The van der Waals surface area contributed by atoms with E-state index in [0.717, 1.165) is 37.7 Å². The van der Waals surface area contributed by atoms with Crippen molar-refractivity contribution in [2.45, 2.75) is 13.0 Å². The first-order valence-corrected chi connectivity index (χ1v) is 7.21. The molecule has 7 heteroatoms. The lowest BCUT2D eigenvalue weighted by Crippen LogP contribution is -2.41. The third kappa shape index (κ3) is 5.60. The average Bonchev–Trinajstić information content (AvgIpc) is 3.01. The van der Waals surface area contributed by atoms with Gasteiger partial charge in [-0.1, -0.05) is 6.07 Å². The Bertz CT molecular complexity index is 461. The topological polar surface area (TPSA) is 59.0 Å². The molecule has 0 aromatic carbocycles. The highest BCUT2D eigenvalue weighted by atomic mass is 127. The van der Waals surface area contributed by atoms with E-state index >= 15 is 0 Å². The molecule has 6 nitrogen and oxygen atoms in total. The lowest BCUT2D eigenvalue weighted by atomic mass is 10.1. The van der Waals surface area contributed by atoms with Crippen molar-refractivity contribution in [3.8, 4) is 5.88 Å². The van der Waals surface area contributed by atoms with Crippen LogP contribution in [-0.2, 0) is 11.3 Å². The van der Waals surface area contributed by atoms with Crippen molar-refractivity contribution in [2.75, 3.05) is 41.0 Å². The molecule has 0 aliphatic carbocycles. The number of nitrogens with zero attached hydrogens (tertiary/aromatic N) is 3. The van der Waals surface area contributed by atoms with E-state index in [-0.39, 0.29) is 24.0 Å². The molecule has 0 bridgehead atoms. The summed E-state index contributed by atoms with van der Waals surface area (Å²) in [7, 11) is 5.47. The van der Waals surface area contributed by atoms with Crippen LogP contribution in [0.3, 0.4) is 0 Å². The highest BCUT2D eigenvalue weighted by Crippen LogP contribution is 2.13. The van der Waals surface area contributed by atoms with E-state index in [0.29, 0.717) is 18.3 Å². The minimum atomic E-state index is 0. The molecule has 0 amide bonds. The van der Waals surface area contributed by atoms with Crippen LogP contribution in [0.1, 0.15) is 12.0 Å². The minimum absolute atomic E-state index is 0. The summed E-state index contributed by atoms with van der Waals surface area (Å²) in [6.07, 6.45) is 2.94. The minimum Gasteiger partial charge on any atom is -0.481 e. The zero-order valence-electron chi connectivity index (χ0n) is 13.4. The van der Waals surface area contributed by atoms with E-state index in [1.165, 1.54) is 0 Å². The molecule has 1 aliphatic heterocycles. The second-order valence-corrected chi connectivity index (χ2v) is 5.22. The molecule has 124 valence electrons. The van der Waals surface area contributed by atoms with Crippen LogP contribution in [0.5, 0.6) is 5.88 Å². The number of halogens is 1. The molecule has 1 aromatic rings. The zero-order valence-corrected chi connectivity index (χ0v) is 15.7. The predicted molar refractivity (Wildman–Crippen MR) is 98.0 cm³/mol. The Morgan fingerprint density at radius 3 is 2.91 bits per heavy atom. The first-order chi connectivity index (χ1) is 10.2. The fourth-order valence-corrected chi connectivity index (χ4v) is 2.40. The molecule has 22 heavy (non-hydrogen) atoms. The second kappa shape index (κ2) is 9.83. The highest BCUT2D eigenvalue weighted by molar-refractivity contribution is 14.0. The summed E-state index contributed by atoms with van der Waals surface area (Å²) in [5.74, 6) is 2.11. The summed E-state index contributed by atoms with van der Waals surface area (Å²) >= 11 is 0. The van der Waals surface area contributed by atoms with Crippen LogP contribution in [0.25, 0.3) is 0 Å². The van der Waals surface area contributed by atoms with Gasteiger partial charge < -0.3 is 19.7 Å². The quantitative estimate of drug-likeness (QED) is 0.447. The van der Waals surface area contributed by atoms with Crippen molar-refractivity contribution in [3.05, 3.63) is 23.9 Å². The number of rotatable bonds is 5. The lowest BCUT2D eigenvalue weighted by Gasteiger charge is -2.24. The van der Waals surface area contributed by atoms with E-state index in [4.69, 9.17) is 9.47 Å². The van der Waals surface area contributed by atoms with Gasteiger partial charge in [0.25, 0.3) is 0 Å². The number of hydrogen-bond donors (Lipinski definition) is 1. The molecule has 1 aromatic heterocycles. The Labute approximate surface area is 149 Å². The SMILES string of the molecule is CN=C(NCc1ccc(OC)nc1)N(C)CC1CCOC1.I. The van der Waals surface area contributed by atoms with Gasteiger partial charge in [0.15, 0.2) is 5.96 Å². The first kappa shape index (κ1) is 19.0. The molecule has 1 aliphatic rings. The molecular weight excluding hydrogens is 395 g/mol. The maximum Gasteiger partial charge on any atom is 0.212 e. The Kier molecular flexibility index (Phi) is 8.47. The van der Waals surface area contributed by atoms with Gasteiger partial charge in [-0.3, -0.25) is 4.99 Å². The van der Waals surface area contributed by atoms with Gasteiger partial charge in [-0.15, -0.1) is 24.0 Å². The molecule has 1 atom stereocenters. The summed E-state index contributed by atoms with van der Waals surface area (Å²) in [4.78, 5) is 10.7.